The van der Waals surface area contributed by atoms with Crippen LogP contribution in [-0.2, 0) is 25.5 Å². The van der Waals surface area contributed by atoms with Gasteiger partial charge in [0.2, 0.25) is 5.91 Å². The van der Waals surface area contributed by atoms with Gasteiger partial charge in [0.25, 0.3) is 5.91 Å². The molecule has 0 spiro atoms. The van der Waals surface area contributed by atoms with Crippen molar-refractivity contribution in [2.75, 3.05) is 25.0 Å². The number of ether oxygens (including phenoxy) is 2. The standard InChI is InChI=1S/C33H42FN5O8S/c1-19-7-5-11-35-28(41)10-9-20(2)30(21(3)16-46-33(44)38-27-18-48-22(4)36-27)47-32(43)26-8-6-12-39(26)31(42)25-17-45-29(37-25)15-23(34)14-24(40)13-19/h5,7,9-10,13,17-18,20-21,23-24,26,30,40H,6,8,11-12,14-16H2,1-4H3,(H,35,41)(H,38,44)/b7-5?,10-9+,19-13?/t20-,21+,23-,24-,26-,30+/m1/s1. The highest BCUT2D eigenvalue weighted by atomic mass is 32.1. The average molecular weight is 688 g/mol. The van der Waals surface area contributed by atoms with Crippen LogP contribution in [0.5, 0.6) is 0 Å². The van der Waals surface area contributed by atoms with Crippen molar-refractivity contribution in [3.63, 3.8) is 0 Å². The third-order valence-electron chi connectivity index (χ3n) is 7.89. The van der Waals surface area contributed by atoms with Crippen molar-refractivity contribution in [3.05, 3.63) is 64.2 Å². The molecule has 2 aliphatic rings. The van der Waals surface area contributed by atoms with Crippen molar-refractivity contribution in [2.45, 2.75) is 77.8 Å². The van der Waals surface area contributed by atoms with Crippen LogP contribution in [0.15, 0.2) is 52.0 Å². The molecule has 0 saturated carbocycles. The minimum atomic E-state index is -1.50. The Morgan fingerprint density at radius 2 is 2.06 bits per heavy atom. The van der Waals surface area contributed by atoms with Gasteiger partial charge in [-0.15, -0.1) is 11.3 Å². The van der Waals surface area contributed by atoms with Crippen molar-refractivity contribution in [1.82, 2.24) is 20.2 Å². The van der Waals surface area contributed by atoms with Crippen LogP contribution in [0.2, 0.25) is 0 Å². The zero-order valence-corrected chi connectivity index (χ0v) is 28.2. The van der Waals surface area contributed by atoms with E-state index >= 15 is 0 Å². The van der Waals surface area contributed by atoms with Gasteiger partial charge in [-0.3, -0.25) is 14.9 Å². The second-order valence-electron chi connectivity index (χ2n) is 12.0. The van der Waals surface area contributed by atoms with E-state index in [1.54, 1.807) is 44.4 Å². The van der Waals surface area contributed by atoms with E-state index in [1.807, 2.05) is 6.92 Å². The van der Waals surface area contributed by atoms with Gasteiger partial charge in [-0.2, -0.15) is 0 Å². The van der Waals surface area contributed by atoms with E-state index in [9.17, 15) is 28.7 Å². The molecule has 4 rings (SSSR count). The number of rotatable bonds is 4. The molecule has 0 unspecified atom stereocenters. The molecule has 0 aromatic carbocycles. The van der Waals surface area contributed by atoms with Gasteiger partial charge in [-0.1, -0.05) is 43.7 Å². The number of nitrogens with one attached hydrogen (secondary N) is 2. The number of alkyl halides is 1. The molecule has 4 heterocycles. The number of allylic oxidation sites excluding steroid dienone is 2. The van der Waals surface area contributed by atoms with Gasteiger partial charge in [-0.25, -0.2) is 23.9 Å². The fraction of sp³-hybridized carbons (Fsp3) is 0.515. The number of esters is 1. The predicted molar refractivity (Wildman–Crippen MR) is 175 cm³/mol. The van der Waals surface area contributed by atoms with E-state index in [-0.39, 0.29) is 44.1 Å². The van der Waals surface area contributed by atoms with Crippen molar-refractivity contribution >= 4 is 41.0 Å². The molecule has 1 saturated heterocycles. The molecule has 3 N–H and O–H groups in total. The molecule has 2 aromatic heterocycles. The Morgan fingerprint density at radius 3 is 2.81 bits per heavy atom. The molecule has 48 heavy (non-hydrogen) atoms. The number of oxazole rings is 1. The summed E-state index contributed by atoms with van der Waals surface area (Å²) < 4.78 is 31.6. The van der Waals surface area contributed by atoms with E-state index in [4.69, 9.17) is 13.9 Å². The number of amides is 3. The second-order valence-corrected chi connectivity index (χ2v) is 13.1. The fourth-order valence-corrected chi connectivity index (χ4v) is 6.04. The largest absolute Gasteiger partial charge is 0.460 e. The summed E-state index contributed by atoms with van der Waals surface area (Å²) in [4.78, 5) is 61.7. The number of carbonyl (C=O) groups is 4. The van der Waals surface area contributed by atoms with Crippen LogP contribution in [0, 0.1) is 18.8 Å². The van der Waals surface area contributed by atoms with Crippen LogP contribution < -0.4 is 10.6 Å². The lowest BCUT2D eigenvalue weighted by molar-refractivity contribution is -0.159. The van der Waals surface area contributed by atoms with Gasteiger partial charge in [0.05, 0.1) is 24.1 Å². The average Bonchev–Trinajstić information content (AvgIpc) is 3.80. The van der Waals surface area contributed by atoms with Crippen LogP contribution in [0.3, 0.4) is 0 Å². The number of fused-ring (bicyclic) bond motifs is 3. The predicted octanol–water partition coefficient (Wildman–Crippen LogP) is 4.30. The number of halogens is 1. The van der Waals surface area contributed by atoms with Gasteiger partial charge in [0, 0.05) is 36.7 Å². The molecule has 0 aliphatic carbocycles. The molecule has 1 fully saturated rings. The highest BCUT2D eigenvalue weighted by Gasteiger charge is 2.39. The molecule has 15 heteroatoms. The number of aromatic nitrogens is 2. The normalized spacial score (nSPS) is 26.1. The van der Waals surface area contributed by atoms with Crippen LogP contribution in [-0.4, -0.2) is 88.0 Å². The van der Waals surface area contributed by atoms with E-state index in [1.165, 1.54) is 28.4 Å². The van der Waals surface area contributed by atoms with E-state index in [2.05, 4.69) is 20.6 Å². The zero-order valence-electron chi connectivity index (χ0n) is 27.4. The van der Waals surface area contributed by atoms with Crippen molar-refractivity contribution in [2.24, 2.45) is 11.8 Å². The number of thiazole rings is 1. The van der Waals surface area contributed by atoms with Gasteiger partial charge in [-0.05, 0) is 32.8 Å². The number of aliphatic hydroxyl groups is 1. The summed E-state index contributed by atoms with van der Waals surface area (Å²) in [5.41, 5.74) is 0.602. The Kier molecular flexibility index (Phi) is 13.0. The number of hydrogen-bond acceptors (Lipinski definition) is 11. The van der Waals surface area contributed by atoms with Crippen molar-refractivity contribution in [3.8, 4) is 0 Å². The Hall–Kier alpha value is -4.37. The lowest BCUT2D eigenvalue weighted by atomic mass is 9.93. The molecular formula is C33H42FN5O8S. The topological polar surface area (TPSA) is 173 Å². The Morgan fingerprint density at radius 1 is 1.27 bits per heavy atom. The second kappa shape index (κ2) is 17.2. The van der Waals surface area contributed by atoms with Crippen LogP contribution in [0.4, 0.5) is 15.0 Å². The summed E-state index contributed by atoms with van der Waals surface area (Å²) in [6.45, 7) is 7.41. The summed E-state index contributed by atoms with van der Waals surface area (Å²) in [5, 5.41) is 18.1. The number of anilines is 1. The lowest BCUT2D eigenvalue weighted by Gasteiger charge is -2.30. The highest BCUT2D eigenvalue weighted by Crippen LogP contribution is 2.26. The molecular weight excluding hydrogens is 645 g/mol. The Labute approximate surface area is 282 Å². The maximum absolute atomic E-state index is 14.8. The molecule has 6 atom stereocenters. The molecule has 2 aliphatic heterocycles. The minimum absolute atomic E-state index is 0.00504. The van der Waals surface area contributed by atoms with E-state index in [0.717, 1.165) is 11.3 Å². The molecule has 260 valence electrons. The number of aryl methyl sites for hydroxylation is 1. The van der Waals surface area contributed by atoms with Gasteiger partial charge >= 0.3 is 12.1 Å². The summed E-state index contributed by atoms with van der Waals surface area (Å²) in [6.07, 6.45) is 5.25. The monoisotopic (exact) mass is 687 g/mol. The Bertz CT molecular complexity index is 1540. The Balaban J connectivity index is 1.54. The maximum atomic E-state index is 14.8. The van der Waals surface area contributed by atoms with Crippen LogP contribution >= 0.6 is 11.3 Å². The number of cyclic esters (lactones) is 1. The zero-order chi connectivity index (χ0) is 34.8. The van der Waals surface area contributed by atoms with Crippen molar-refractivity contribution < 1.29 is 42.6 Å². The van der Waals surface area contributed by atoms with Crippen LogP contribution in [0.1, 0.15) is 61.4 Å². The lowest BCUT2D eigenvalue weighted by Crippen LogP contribution is -2.44. The summed E-state index contributed by atoms with van der Waals surface area (Å²) >= 11 is 1.37. The van der Waals surface area contributed by atoms with Crippen molar-refractivity contribution in [1.29, 1.82) is 0 Å². The highest BCUT2D eigenvalue weighted by molar-refractivity contribution is 7.09. The molecule has 0 radical (unpaired) electrons. The summed E-state index contributed by atoms with van der Waals surface area (Å²) in [5.74, 6) is -2.26. The SMILES string of the molecule is CC1=C[C@@H](O)C[C@@H](F)Cc2nc(co2)C(=O)N2CCC[C@@H]2C(=O)O[C@H]([C@@H](C)COC(=O)Nc2csc(C)n2)[C@H](C)/C=C/C(=O)NCC=C1. The number of carbonyl (C=O) groups excluding carboxylic acids is 4. The van der Waals surface area contributed by atoms with Gasteiger partial charge in [0.1, 0.15) is 30.4 Å². The van der Waals surface area contributed by atoms with Crippen LogP contribution in [0.25, 0.3) is 0 Å². The molecule has 2 bridgehead atoms. The molecule has 3 amide bonds. The first-order valence-corrected chi connectivity index (χ1v) is 16.7. The molecule has 2 aromatic rings. The first kappa shape index (κ1) is 36.5. The third-order valence-corrected chi connectivity index (χ3v) is 8.66. The minimum Gasteiger partial charge on any atom is -0.460 e. The van der Waals surface area contributed by atoms with Gasteiger partial charge < -0.3 is 29.2 Å². The fourth-order valence-electron chi connectivity index (χ4n) is 5.50. The number of aliphatic hydroxyl groups excluding tert-OH is 1. The number of hydrogen-bond donors (Lipinski definition) is 3. The van der Waals surface area contributed by atoms with E-state index in [0.29, 0.717) is 24.2 Å². The van der Waals surface area contributed by atoms with Gasteiger partial charge in [0.15, 0.2) is 11.6 Å². The van der Waals surface area contributed by atoms with E-state index < -0.39 is 60.1 Å². The first-order chi connectivity index (χ1) is 22.9. The quantitative estimate of drug-likeness (QED) is 0.394. The summed E-state index contributed by atoms with van der Waals surface area (Å²) in [7, 11) is 0. The number of nitrogens with zero attached hydrogens (tertiary/aromatic N) is 3. The smallest absolute Gasteiger partial charge is 0.412 e. The molecule has 13 nitrogen and oxygen atoms in total. The summed E-state index contributed by atoms with van der Waals surface area (Å²) in [6, 6.07) is -0.920. The maximum Gasteiger partial charge on any atom is 0.412 e. The third kappa shape index (κ3) is 10.6. The first-order valence-electron chi connectivity index (χ1n) is 15.8.